The van der Waals surface area contributed by atoms with Gasteiger partial charge in [0, 0.05) is 0 Å². The van der Waals surface area contributed by atoms with Gasteiger partial charge in [0.05, 0.1) is 19.3 Å². The molecule has 3 fully saturated rings. The molecule has 1 aromatic carbocycles. The molecule has 1 aromatic rings. The zero-order valence-corrected chi connectivity index (χ0v) is 21.1. The van der Waals surface area contributed by atoms with Gasteiger partial charge < -0.3 is 9.47 Å². The molecule has 2 saturated carbocycles. The van der Waals surface area contributed by atoms with Gasteiger partial charge in [0.2, 0.25) is 5.82 Å². The number of ether oxygens (including phenoxy) is 2. The largest absolute Gasteiger partial charge is 0.490 e. The summed E-state index contributed by atoms with van der Waals surface area (Å²) in [6.07, 6.45) is 17.6. The standard InChI is InChI=1S/C30H44F2O2/c1-3-5-6-21-7-9-24(10-8-21)27-17-15-25(20-34-27)22-11-13-23(14-12-22)26-16-18-28(33-19-4-2)30(32)29(26)31/h3,16,18,21-25,27H,1,4-15,17,19-20H2,2H3. The number of benzene rings is 1. The highest BCUT2D eigenvalue weighted by Gasteiger charge is 2.36. The molecule has 190 valence electrons. The first-order valence-electron chi connectivity index (χ1n) is 13.9. The zero-order valence-electron chi connectivity index (χ0n) is 21.1. The molecular weight excluding hydrogens is 430 g/mol. The summed E-state index contributed by atoms with van der Waals surface area (Å²) in [5, 5.41) is 0. The number of hydrogen-bond acceptors (Lipinski definition) is 2. The third-order valence-electron chi connectivity index (χ3n) is 8.96. The first-order chi connectivity index (χ1) is 16.6. The van der Waals surface area contributed by atoms with Crippen LogP contribution in [0.4, 0.5) is 8.78 Å². The smallest absolute Gasteiger partial charge is 0.200 e. The number of rotatable bonds is 9. The fraction of sp³-hybridized carbons (Fsp3) is 0.733. The molecule has 34 heavy (non-hydrogen) atoms. The third-order valence-corrected chi connectivity index (χ3v) is 8.96. The molecule has 0 N–H and O–H groups in total. The minimum Gasteiger partial charge on any atom is -0.490 e. The average molecular weight is 475 g/mol. The minimum absolute atomic E-state index is 0.0379. The first-order valence-corrected chi connectivity index (χ1v) is 13.9. The van der Waals surface area contributed by atoms with Crippen molar-refractivity contribution in [3.05, 3.63) is 42.0 Å². The maximum absolute atomic E-state index is 14.8. The first kappa shape index (κ1) is 25.7. The van der Waals surface area contributed by atoms with Crippen molar-refractivity contribution < 1.29 is 18.3 Å². The van der Waals surface area contributed by atoms with E-state index in [1.54, 1.807) is 12.1 Å². The average Bonchev–Trinajstić information content (AvgIpc) is 2.89. The molecule has 2 aliphatic carbocycles. The summed E-state index contributed by atoms with van der Waals surface area (Å²) in [6.45, 7) is 7.11. The van der Waals surface area contributed by atoms with Crippen LogP contribution in [0.2, 0.25) is 0 Å². The van der Waals surface area contributed by atoms with E-state index in [-0.39, 0.29) is 11.7 Å². The lowest BCUT2D eigenvalue weighted by Gasteiger charge is -2.41. The van der Waals surface area contributed by atoms with Gasteiger partial charge in [0.1, 0.15) is 0 Å². The fourth-order valence-corrected chi connectivity index (χ4v) is 6.83. The third kappa shape index (κ3) is 6.22. The summed E-state index contributed by atoms with van der Waals surface area (Å²) < 4.78 is 41.0. The summed E-state index contributed by atoms with van der Waals surface area (Å²) in [4.78, 5) is 0. The lowest BCUT2D eigenvalue weighted by atomic mass is 9.71. The van der Waals surface area contributed by atoms with E-state index in [4.69, 9.17) is 9.47 Å². The Morgan fingerprint density at radius 1 is 0.912 bits per heavy atom. The van der Waals surface area contributed by atoms with Crippen LogP contribution >= 0.6 is 0 Å². The highest BCUT2D eigenvalue weighted by atomic mass is 19.2. The predicted octanol–water partition coefficient (Wildman–Crippen LogP) is 8.60. The van der Waals surface area contributed by atoms with Crippen LogP contribution in [0.15, 0.2) is 24.8 Å². The summed E-state index contributed by atoms with van der Waals surface area (Å²) >= 11 is 0. The van der Waals surface area contributed by atoms with E-state index in [1.807, 2.05) is 6.92 Å². The Kier molecular flexibility index (Phi) is 9.45. The van der Waals surface area contributed by atoms with E-state index in [0.717, 1.165) is 57.0 Å². The van der Waals surface area contributed by atoms with Crippen molar-refractivity contribution in [2.75, 3.05) is 13.2 Å². The van der Waals surface area contributed by atoms with Crippen LogP contribution in [0.1, 0.15) is 102 Å². The maximum Gasteiger partial charge on any atom is 0.200 e. The molecule has 2 atom stereocenters. The molecule has 4 rings (SSSR count). The van der Waals surface area contributed by atoms with Crippen molar-refractivity contribution in [1.29, 1.82) is 0 Å². The summed E-state index contributed by atoms with van der Waals surface area (Å²) in [5.41, 5.74) is 0.531. The Labute approximate surface area is 205 Å². The van der Waals surface area contributed by atoms with Crippen molar-refractivity contribution >= 4 is 0 Å². The molecule has 3 aliphatic rings. The molecule has 0 bridgehead atoms. The molecule has 1 saturated heterocycles. The van der Waals surface area contributed by atoms with Crippen LogP contribution in [0.3, 0.4) is 0 Å². The molecule has 1 heterocycles. The highest BCUT2D eigenvalue weighted by Crippen LogP contribution is 2.44. The van der Waals surface area contributed by atoms with E-state index >= 15 is 0 Å². The maximum atomic E-state index is 14.8. The van der Waals surface area contributed by atoms with Crippen molar-refractivity contribution in [2.24, 2.45) is 23.7 Å². The van der Waals surface area contributed by atoms with Crippen LogP contribution in [0.25, 0.3) is 0 Å². The van der Waals surface area contributed by atoms with Crippen LogP contribution < -0.4 is 4.74 Å². The van der Waals surface area contributed by atoms with Gasteiger partial charge in [-0.3, -0.25) is 0 Å². The molecule has 0 spiro atoms. The lowest BCUT2D eigenvalue weighted by Crippen LogP contribution is -2.37. The highest BCUT2D eigenvalue weighted by molar-refractivity contribution is 5.33. The number of halogens is 2. The number of allylic oxidation sites excluding steroid dienone is 1. The monoisotopic (exact) mass is 474 g/mol. The van der Waals surface area contributed by atoms with Crippen molar-refractivity contribution in [3.63, 3.8) is 0 Å². The molecule has 2 unspecified atom stereocenters. The zero-order chi connectivity index (χ0) is 23.9. The SMILES string of the molecule is C=CCCC1CCC(C2CCC(C3CCC(c4ccc(OCCC)c(F)c4F)CC3)CO2)CC1. The van der Waals surface area contributed by atoms with Crippen LogP contribution in [-0.4, -0.2) is 19.3 Å². The van der Waals surface area contributed by atoms with Gasteiger partial charge >= 0.3 is 0 Å². The Balaban J connectivity index is 1.21. The van der Waals surface area contributed by atoms with E-state index in [1.165, 1.54) is 44.9 Å². The lowest BCUT2D eigenvalue weighted by molar-refractivity contribution is -0.0732. The van der Waals surface area contributed by atoms with Crippen LogP contribution in [-0.2, 0) is 4.74 Å². The Hall–Kier alpha value is -1.42. The molecule has 1 aliphatic heterocycles. The molecular formula is C30H44F2O2. The van der Waals surface area contributed by atoms with Crippen LogP contribution in [0, 0.1) is 35.3 Å². The van der Waals surface area contributed by atoms with E-state index in [2.05, 4.69) is 12.7 Å². The van der Waals surface area contributed by atoms with Gasteiger partial charge in [-0.2, -0.15) is 4.39 Å². The molecule has 0 aromatic heterocycles. The molecule has 0 amide bonds. The van der Waals surface area contributed by atoms with Gasteiger partial charge in [-0.05, 0) is 112 Å². The van der Waals surface area contributed by atoms with E-state index in [9.17, 15) is 8.78 Å². The Bertz CT molecular complexity index is 770. The van der Waals surface area contributed by atoms with E-state index < -0.39 is 11.6 Å². The topological polar surface area (TPSA) is 18.5 Å². The summed E-state index contributed by atoms with van der Waals surface area (Å²) in [7, 11) is 0. The van der Waals surface area contributed by atoms with Gasteiger partial charge in [0.15, 0.2) is 11.6 Å². The second-order valence-corrected chi connectivity index (χ2v) is 11.1. The van der Waals surface area contributed by atoms with Gasteiger partial charge in [-0.25, -0.2) is 4.39 Å². The van der Waals surface area contributed by atoms with Gasteiger partial charge in [-0.1, -0.05) is 31.9 Å². The quantitative estimate of drug-likeness (QED) is 0.334. The Morgan fingerprint density at radius 2 is 1.62 bits per heavy atom. The van der Waals surface area contributed by atoms with Crippen molar-refractivity contribution in [3.8, 4) is 5.75 Å². The van der Waals surface area contributed by atoms with Crippen molar-refractivity contribution in [1.82, 2.24) is 0 Å². The summed E-state index contributed by atoms with van der Waals surface area (Å²) in [6, 6.07) is 3.35. The Morgan fingerprint density at radius 3 is 2.26 bits per heavy atom. The van der Waals surface area contributed by atoms with E-state index in [0.29, 0.717) is 30.1 Å². The van der Waals surface area contributed by atoms with Gasteiger partial charge in [-0.15, -0.1) is 6.58 Å². The molecule has 2 nitrogen and oxygen atoms in total. The number of hydrogen-bond donors (Lipinski definition) is 0. The predicted molar refractivity (Wildman–Crippen MR) is 134 cm³/mol. The van der Waals surface area contributed by atoms with Crippen molar-refractivity contribution in [2.45, 2.75) is 102 Å². The molecule has 4 heteroatoms. The van der Waals surface area contributed by atoms with Gasteiger partial charge in [0.25, 0.3) is 0 Å². The normalized spacial score (nSPS) is 32.3. The van der Waals surface area contributed by atoms with Crippen LogP contribution in [0.5, 0.6) is 5.75 Å². The minimum atomic E-state index is -0.825. The second-order valence-electron chi connectivity index (χ2n) is 11.1. The summed E-state index contributed by atoms with van der Waals surface area (Å²) in [5.74, 6) is 1.54. The fourth-order valence-electron chi connectivity index (χ4n) is 6.83. The second kappa shape index (κ2) is 12.5. The molecule has 0 radical (unpaired) electrons.